The molecule has 0 aliphatic carbocycles. The number of carbonyl (C=O) groups is 1. The predicted octanol–water partition coefficient (Wildman–Crippen LogP) is 2.38. The monoisotopic (exact) mass is 600 g/mol. The minimum Gasteiger partial charge on any atom is -0.480 e. The molecule has 3 N–H and O–H groups in total. The van der Waals surface area contributed by atoms with Crippen LogP contribution < -0.4 is 20.8 Å². The highest BCUT2D eigenvalue weighted by Gasteiger charge is 2.25. The number of nitrogens with zero attached hydrogens (tertiary/aromatic N) is 4. The first-order valence-electron chi connectivity index (χ1n) is 12.7. The van der Waals surface area contributed by atoms with Crippen LogP contribution in [0.4, 0.5) is 20.4 Å². The fourth-order valence-electron chi connectivity index (χ4n) is 4.65. The number of anilines is 2. The van der Waals surface area contributed by atoms with Crippen molar-refractivity contribution in [2.45, 2.75) is 24.5 Å². The topological polar surface area (TPSA) is 159 Å². The van der Waals surface area contributed by atoms with E-state index in [-0.39, 0.29) is 35.4 Å². The fraction of sp³-hybridized carbons (Fsp3) is 0.259. The molecule has 1 aliphatic heterocycles. The van der Waals surface area contributed by atoms with E-state index in [1.54, 1.807) is 23.1 Å². The lowest BCUT2D eigenvalue weighted by molar-refractivity contribution is -0.136. The number of rotatable bonds is 7. The average Bonchev–Trinajstić information content (AvgIpc) is 2.95. The molecular formula is C27H26F2N6O6S. The second-order valence-corrected chi connectivity index (χ2v) is 11.2. The Morgan fingerprint density at radius 1 is 1.19 bits per heavy atom. The summed E-state index contributed by atoms with van der Waals surface area (Å²) in [6.07, 6.45) is 0.948. The summed E-state index contributed by atoms with van der Waals surface area (Å²) in [6.45, 7) is 2.64. The Hall–Kier alpha value is -4.63. The molecule has 1 unspecified atom stereocenters. The van der Waals surface area contributed by atoms with Gasteiger partial charge in [-0.1, -0.05) is 6.07 Å². The van der Waals surface area contributed by atoms with E-state index in [1.807, 2.05) is 0 Å². The van der Waals surface area contributed by atoms with Gasteiger partial charge in [0.1, 0.15) is 22.2 Å². The van der Waals surface area contributed by atoms with Crippen molar-refractivity contribution in [3.8, 4) is 17.0 Å². The fourth-order valence-corrected chi connectivity index (χ4v) is 5.76. The van der Waals surface area contributed by atoms with E-state index in [2.05, 4.69) is 14.7 Å². The second-order valence-electron chi connectivity index (χ2n) is 9.54. The molecular weight excluding hydrogens is 574 g/mol. The molecule has 42 heavy (non-hydrogen) atoms. The van der Waals surface area contributed by atoms with Crippen molar-refractivity contribution in [1.82, 2.24) is 19.4 Å². The molecule has 1 fully saturated rings. The van der Waals surface area contributed by atoms with Gasteiger partial charge >= 0.3 is 0 Å². The van der Waals surface area contributed by atoms with Gasteiger partial charge in [-0.3, -0.25) is 18.9 Å². The molecule has 2 aromatic carbocycles. The van der Waals surface area contributed by atoms with Crippen molar-refractivity contribution in [3.63, 3.8) is 0 Å². The molecule has 15 heteroatoms. The first kappa shape index (κ1) is 28.9. The first-order chi connectivity index (χ1) is 20.0. The molecule has 0 radical (unpaired) electrons. The van der Waals surface area contributed by atoms with Gasteiger partial charge in [0.25, 0.3) is 15.6 Å². The SMILES string of the molecule is COc1ncc(-c2ccc3nc(N)n(CC4CN(C(C)=O)CCO4)c(=O)c3c2)cc1NS(=O)(=O)c1ccc(F)cc1F. The number of benzene rings is 2. The number of halogens is 2. The van der Waals surface area contributed by atoms with Gasteiger partial charge in [-0.25, -0.2) is 27.2 Å². The van der Waals surface area contributed by atoms with Crippen LogP contribution in [0.1, 0.15) is 6.92 Å². The van der Waals surface area contributed by atoms with E-state index >= 15 is 0 Å². The van der Waals surface area contributed by atoms with Crippen LogP contribution in [0.3, 0.4) is 0 Å². The quantitative estimate of drug-likeness (QED) is 0.325. The number of methoxy groups -OCH3 is 1. The number of nitrogens with one attached hydrogen (secondary N) is 1. The maximum absolute atomic E-state index is 14.2. The van der Waals surface area contributed by atoms with Crippen molar-refractivity contribution < 1.29 is 31.5 Å². The second kappa shape index (κ2) is 11.3. The number of ether oxygens (including phenoxy) is 2. The molecule has 1 saturated heterocycles. The van der Waals surface area contributed by atoms with E-state index < -0.39 is 38.2 Å². The summed E-state index contributed by atoms with van der Waals surface area (Å²) in [5, 5.41) is 0.229. The molecule has 4 aromatic rings. The number of fused-ring (bicyclic) bond motifs is 1. The van der Waals surface area contributed by atoms with Gasteiger partial charge in [0.15, 0.2) is 0 Å². The molecule has 1 aliphatic rings. The number of nitrogens with two attached hydrogens (primary N) is 1. The number of hydrogen-bond acceptors (Lipinski definition) is 9. The lowest BCUT2D eigenvalue weighted by atomic mass is 10.0. The number of amides is 1. The number of nitrogen functional groups attached to an aromatic ring is 1. The maximum atomic E-state index is 14.2. The molecule has 0 saturated carbocycles. The molecule has 12 nitrogen and oxygen atoms in total. The summed E-state index contributed by atoms with van der Waals surface area (Å²) in [6, 6.07) is 8.29. The van der Waals surface area contributed by atoms with E-state index in [9.17, 15) is 26.8 Å². The van der Waals surface area contributed by atoms with Crippen LogP contribution in [0.15, 0.2) is 58.4 Å². The number of morpholine rings is 1. The number of sulfonamides is 1. The van der Waals surface area contributed by atoms with Crippen molar-refractivity contribution in [2.24, 2.45) is 0 Å². The lowest BCUT2D eigenvalue weighted by Gasteiger charge is -2.32. The van der Waals surface area contributed by atoms with Gasteiger partial charge in [-0.2, -0.15) is 0 Å². The van der Waals surface area contributed by atoms with Crippen molar-refractivity contribution in [2.75, 3.05) is 37.3 Å². The van der Waals surface area contributed by atoms with Crippen LogP contribution in [-0.2, 0) is 26.1 Å². The average molecular weight is 601 g/mol. The summed E-state index contributed by atoms with van der Waals surface area (Å²) in [7, 11) is -3.22. The third-order valence-electron chi connectivity index (χ3n) is 6.76. The highest BCUT2D eigenvalue weighted by atomic mass is 32.2. The highest BCUT2D eigenvalue weighted by Crippen LogP contribution is 2.31. The molecule has 0 spiro atoms. The molecule has 2 aromatic heterocycles. The van der Waals surface area contributed by atoms with Crippen molar-refractivity contribution in [3.05, 3.63) is 70.6 Å². The number of pyridine rings is 1. The van der Waals surface area contributed by atoms with E-state index in [0.29, 0.717) is 42.4 Å². The van der Waals surface area contributed by atoms with Crippen LogP contribution >= 0.6 is 0 Å². The normalized spacial score (nSPS) is 15.5. The number of carbonyl (C=O) groups excluding carboxylic acids is 1. The van der Waals surface area contributed by atoms with Crippen LogP contribution in [0.5, 0.6) is 5.88 Å². The Labute approximate surface area is 238 Å². The molecule has 0 bridgehead atoms. The summed E-state index contributed by atoms with van der Waals surface area (Å²) in [5.41, 5.74) is 6.77. The van der Waals surface area contributed by atoms with Crippen molar-refractivity contribution >= 4 is 38.5 Å². The number of aromatic nitrogens is 3. The minimum absolute atomic E-state index is 0.0142. The first-order valence-corrected chi connectivity index (χ1v) is 14.1. The van der Waals surface area contributed by atoms with Crippen LogP contribution in [-0.4, -0.2) is 66.7 Å². The number of hydrogen-bond donors (Lipinski definition) is 2. The lowest BCUT2D eigenvalue weighted by Crippen LogP contribution is -2.47. The Morgan fingerprint density at radius 2 is 1.98 bits per heavy atom. The molecule has 5 rings (SSSR count). The largest absolute Gasteiger partial charge is 0.480 e. The Bertz CT molecular complexity index is 1870. The predicted molar refractivity (Wildman–Crippen MR) is 149 cm³/mol. The Balaban J connectivity index is 1.50. The zero-order valence-electron chi connectivity index (χ0n) is 22.5. The minimum atomic E-state index is -4.49. The molecule has 1 atom stereocenters. The van der Waals surface area contributed by atoms with E-state index in [0.717, 1.165) is 12.1 Å². The summed E-state index contributed by atoms with van der Waals surface area (Å²) in [5.74, 6) is -2.41. The van der Waals surface area contributed by atoms with E-state index in [4.69, 9.17) is 15.2 Å². The van der Waals surface area contributed by atoms with Gasteiger partial charge in [-0.05, 0) is 35.9 Å². The van der Waals surface area contributed by atoms with E-state index in [1.165, 1.54) is 30.9 Å². The Kier molecular flexibility index (Phi) is 7.79. The van der Waals surface area contributed by atoms with Gasteiger partial charge in [0.05, 0.1) is 37.3 Å². The third-order valence-corrected chi connectivity index (χ3v) is 8.16. The van der Waals surface area contributed by atoms with Crippen LogP contribution in [0, 0.1) is 11.6 Å². The highest BCUT2D eigenvalue weighted by molar-refractivity contribution is 7.92. The van der Waals surface area contributed by atoms with Gasteiger partial charge in [0, 0.05) is 37.8 Å². The summed E-state index contributed by atoms with van der Waals surface area (Å²) >= 11 is 0. The zero-order chi connectivity index (χ0) is 30.2. The van der Waals surface area contributed by atoms with Crippen LogP contribution in [0.25, 0.3) is 22.0 Å². The summed E-state index contributed by atoms with van der Waals surface area (Å²) < 4.78 is 67.8. The maximum Gasteiger partial charge on any atom is 0.264 e. The zero-order valence-corrected chi connectivity index (χ0v) is 23.3. The molecule has 1 amide bonds. The van der Waals surface area contributed by atoms with Gasteiger partial charge < -0.3 is 20.1 Å². The molecule has 3 heterocycles. The van der Waals surface area contributed by atoms with Crippen molar-refractivity contribution in [1.29, 1.82) is 0 Å². The standard InChI is InChI=1S/C27H26F2N6O6S/c1-15(36)34-7-8-41-19(13-34)14-35-26(37)20-9-16(3-5-22(20)32-27(35)30)17-10-23(25(40-2)31-12-17)33-42(38,39)24-6-4-18(28)11-21(24)29/h3-6,9-12,19,33H,7-8,13-14H2,1-2H3,(H2,30,32). The Morgan fingerprint density at radius 3 is 2.69 bits per heavy atom. The third kappa shape index (κ3) is 5.73. The summed E-state index contributed by atoms with van der Waals surface area (Å²) in [4.78, 5) is 34.7. The van der Waals surface area contributed by atoms with Gasteiger partial charge in [0.2, 0.25) is 17.7 Å². The van der Waals surface area contributed by atoms with Crippen LogP contribution in [0.2, 0.25) is 0 Å². The van der Waals surface area contributed by atoms with Gasteiger partial charge in [-0.15, -0.1) is 0 Å². The smallest absolute Gasteiger partial charge is 0.264 e. The molecule has 220 valence electrons.